The molecular weight excluding hydrogens is 346 g/mol. The average Bonchev–Trinajstić information content (AvgIpc) is 2.74. The van der Waals surface area contributed by atoms with E-state index in [1.165, 1.54) is 30.4 Å². The topological polar surface area (TPSA) is 54.9 Å². The van der Waals surface area contributed by atoms with Crippen molar-refractivity contribution < 1.29 is 4.79 Å². The van der Waals surface area contributed by atoms with Crippen LogP contribution in [0.5, 0.6) is 0 Å². The van der Waals surface area contributed by atoms with Gasteiger partial charge >= 0.3 is 0 Å². The van der Waals surface area contributed by atoms with Gasteiger partial charge in [0.1, 0.15) is 0 Å². The number of amides is 1. The Balaban J connectivity index is 1.50. The number of benzene rings is 1. The number of aromatic nitrogens is 2. The first-order valence-electron chi connectivity index (χ1n) is 9.94. The molecule has 1 aliphatic carbocycles. The molecule has 2 aromatic heterocycles. The summed E-state index contributed by atoms with van der Waals surface area (Å²) in [6.45, 7) is 3.86. The molecule has 0 aliphatic heterocycles. The number of hydrogen-bond donors (Lipinski definition) is 1. The summed E-state index contributed by atoms with van der Waals surface area (Å²) in [5, 5.41) is 3.97. The molecule has 1 atom stereocenters. The van der Waals surface area contributed by atoms with Gasteiger partial charge in [0.15, 0.2) is 5.65 Å². The first kappa shape index (κ1) is 18.4. The molecule has 0 saturated heterocycles. The van der Waals surface area contributed by atoms with E-state index in [-0.39, 0.29) is 11.9 Å². The third-order valence-electron chi connectivity index (χ3n) is 5.44. The van der Waals surface area contributed by atoms with Crippen molar-refractivity contribution in [3.8, 4) is 0 Å². The number of pyridine rings is 2. The molecule has 0 saturated carbocycles. The lowest BCUT2D eigenvalue weighted by atomic mass is 9.92. The van der Waals surface area contributed by atoms with E-state index in [2.05, 4.69) is 45.6 Å². The summed E-state index contributed by atoms with van der Waals surface area (Å²) in [7, 11) is 0. The van der Waals surface area contributed by atoms with Crippen LogP contribution in [0.2, 0.25) is 0 Å². The van der Waals surface area contributed by atoms with Gasteiger partial charge in [-0.3, -0.25) is 4.79 Å². The summed E-state index contributed by atoms with van der Waals surface area (Å²) in [6.07, 6.45) is 8.98. The van der Waals surface area contributed by atoms with Gasteiger partial charge in [0.05, 0.1) is 17.3 Å². The minimum atomic E-state index is -0.109. The lowest BCUT2D eigenvalue weighted by Gasteiger charge is -2.17. The second-order valence-electron chi connectivity index (χ2n) is 7.46. The lowest BCUT2D eigenvalue weighted by molar-refractivity contribution is 0.0939. The van der Waals surface area contributed by atoms with Crippen LogP contribution in [0.15, 0.2) is 54.7 Å². The van der Waals surface area contributed by atoms with Gasteiger partial charge in [-0.25, -0.2) is 9.97 Å². The Bertz CT molecular complexity index is 1040. The molecule has 2 heterocycles. The minimum Gasteiger partial charge on any atom is -0.345 e. The fourth-order valence-corrected chi connectivity index (χ4v) is 3.77. The third-order valence-corrected chi connectivity index (χ3v) is 5.44. The highest BCUT2D eigenvalue weighted by Gasteiger charge is 2.16. The number of carbonyl (C=O) groups is 1. The molecule has 3 aromatic rings. The van der Waals surface area contributed by atoms with Crippen LogP contribution in [0.3, 0.4) is 0 Å². The van der Waals surface area contributed by atoms with E-state index >= 15 is 0 Å². The zero-order valence-corrected chi connectivity index (χ0v) is 16.4. The smallest absolute Gasteiger partial charge is 0.253 e. The van der Waals surface area contributed by atoms with E-state index in [0.29, 0.717) is 16.9 Å². The summed E-state index contributed by atoms with van der Waals surface area (Å²) < 4.78 is 0. The summed E-state index contributed by atoms with van der Waals surface area (Å²) >= 11 is 0. The predicted octanol–water partition coefficient (Wildman–Crippen LogP) is 5.39. The Kier molecular flexibility index (Phi) is 5.20. The average molecular weight is 371 g/mol. The Hall–Kier alpha value is -3.01. The van der Waals surface area contributed by atoms with Crippen molar-refractivity contribution in [1.29, 1.82) is 0 Å². The Morgan fingerprint density at radius 2 is 1.96 bits per heavy atom. The van der Waals surface area contributed by atoms with Gasteiger partial charge in [0, 0.05) is 11.6 Å². The van der Waals surface area contributed by atoms with E-state index in [1.54, 1.807) is 6.20 Å². The van der Waals surface area contributed by atoms with Gasteiger partial charge in [-0.1, -0.05) is 30.3 Å². The molecule has 0 fully saturated rings. The summed E-state index contributed by atoms with van der Waals surface area (Å²) in [4.78, 5) is 21.5. The molecule has 1 amide bonds. The van der Waals surface area contributed by atoms with E-state index in [4.69, 9.17) is 0 Å². The highest BCUT2D eigenvalue weighted by Crippen LogP contribution is 2.27. The van der Waals surface area contributed by atoms with Gasteiger partial charge in [-0.15, -0.1) is 0 Å². The van der Waals surface area contributed by atoms with Crippen molar-refractivity contribution in [2.75, 3.05) is 0 Å². The molecule has 0 spiro atoms. The maximum atomic E-state index is 12.8. The fraction of sp³-hybridized carbons (Fsp3) is 0.292. The van der Waals surface area contributed by atoms with Crippen molar-refractivity contribution in [3.05, 3.63) is 77.1 Å². The number of aryl methyl sites for hydroxylation is 1. The standard InChI is InChI=1S/C24H25N3O/c1-16(18-10-12-20(13-11-18)19-7-4-3-5-8-19)27-24(28)22-15-21-9-6-14-25-23(21)26-17(22)2/h6-7,9-16H,3-5,8H2,1-2H3,(H,27,28)/t16-/m0/s1. The Labute approximate surface area is 165 Å². The molecule has 1 N–H and O–H groups in total. The molecule has 4 rings (SSSR count). The van der Waals surface area contributed by atoms with Gasteiger partial charge in [-0.05, 0) is 74.4 Å². The van der Waals surface area contributed by atoms with Crippen LogP contribution in [-0.2, 0) is 0 Å². The summed E-state index contributed by atoms with van der Waals surface area (Å²) in [5.41, 5.74) is 5.79. The molecular formula is C24H25N3O. The van der Waals surface area contributed by atoms with Crippen molar-refractivity contribution in [3.63, 3.8) is 0 Å². The van der Waals surface area contributed by atoms with Crippen LogP contribution in [0.25, 0.3) is 16.6 Å². The van der Waals surface area contributed by atoms with Crippen molar-refractivity contribution in [2.24, 2.45) is 0 Å². The monoisotopic (exact) mass is 371 g/mol. The van der Waals surface area contributed by atoms with Gasteiger partial charge in [0.25, 0.3) is 5.91 Å². The molecule has 0 radical (unpaired) electrons. The lowest BCUT2D eigenvalue weighted by Crippen LogP contribution is -2.27. The van der Waals surface area contributed by atoms with Crippen LogP contribution in [0.1, 0.15) is 65.8 Å². The number of hydrogen-bond acceptors (Lipinski definition) is 3. The largest absolute Gasteiger partial charge is 0.345 e. The molecule has 142 valence electrons. The van der Waals surface area contributed by atoms with Gasteiger partial charge in [0.2, 0.25) is 0 Å². The van der Waals surface area contributed by atoms with Crippen LogP contribution in [0.4, 0.5) is 0 Å². The van der Waals surface area contributed by atoms with Crippen molar-refractivity contribution >= 4 is 22.5 Å². The van der Waals surface area contributed by atoms with Crippen LogP contribution in [0, 0.1) is 6.92 Å². The number of nitrogens with zero attached hydrogens (tertiary/aromatic N) is 2. The summed E-state index contributed by atoms with van der Waals surface area (Å²) in [5.74, 6) is -0.109. The Morgan fingerprint density at radius 3 is 2.71 bits per heavy atom. The van der Waals surface area contributed by atoms with E-state index in [0.717, 1.165) is 17.4 Å². The quantitative estimate of drug-likeness (QED) is 0.669. The molecule has 0 unspecified atom stereocenters. The molecule has 1 aliphatic rings. The molecule has 4 nitrogen and oxygen atoms in total. The highest BCUT2D eigenvalue weighted by atomic mass is 16.1. The highest BCUT2D eigenvalue weighted by molar-refractivity contribution is 5.98. The molecule has 28 heavy (non-hydrogen) atoms. The van der Waals surface area contributed by atoms with Crippen molar-refractivity contribution in [2.45, 2.75) is 45.6 Å². The van der Waals surface area contributed by atoms with E-state index < -0.39 is 0 Å². The van der Waals surface area contributed by atoms with Crippen molar-refractivity contribution in [1.82, 2.24) is 15.3 Å². The maximum Gasteiger partial charge on any atom is 0.253 e. The molecule has 4 heteroatoms. The van der Waals surface area contributed by atoms with Crippen LogP contribution < -0.4 is 5.32 Å². The first-order valence-corrected chi connectivity index (χ1v) is 9.94. The second kappa shape index (κ2) is 7.93. The predicted molar refractivity (Wildman–Crippen MR) is 113 cm³/mol. The maximum absolute atomic E-state index is 12.8. The SMILES string of the molecule is Cc1nc2ncccc2cc1C(=O)N[C@@H](C)c1ccc(C2=CCCCC2)cc1. The second-order valence-corrected chi connectivity index (χ2v) is 7.46. The van der Waals surface area contributed by atoms with Crippen LogP contribution >= 0.6 is 0 Å². The van der Waals surface area contributed by atoms with Crippen LogP contribution in [-0.4, -0.2) is 15.9 Å². The van der Waals surface area contributed by atoms with Gasteiger partial charge in [-0.2, -0.15) is 0 Å². The fourth-order valence-electron chi connectivity index (χ4n) is 3.77. The molecule has 1 aromatic carbocycles. The minimum absolute atomic E-state index is 0.0779. The molecule has 0 bridgehead atoms. The first-order chi connectivity index (χ1) is 13.6. The number of allylic oxidation sites excluding steroid dienone is 2. The Morgan fingerprint density at radius 1 is 1.14 bits per heavy atom. The number of rotatable bonds is 4. The zero-order valence-electron chi connectivity index (χ0n) is 16.4. The number of nitrogens with one attached hydrogen (secondary N) is 1. The van der Waals surface area contributed by atoms with E-state index in [1.807, 2.05) is 32.0 Å². The third kappa shape index (κ3) is 3.81. The van der Waals surface area contributed by atoms with E-state index in [9.17, 15) is 4.79 Å². The van der Waals surface area contributed by atoms with Gasteiger partial charge < -0.3 is 5.32 Å². The zero-order chi connectivity index (χ0) is 19.5. The summed E-state index contributed by atoms with van der Waals surface area (Å²) in [6, 6.07) is 14.1. The number of carbonyl (C=O) groups excluding carboxylic acids is 1. The number of fused-ring (bicyclic) bond motifs is 1. The normalized spacial score (nSPS) is 15.1.